The van der Waals surface area contributed by atoms with Gasteiger partial charge in [0.15, 0.2) is 0 Å². The summed E-state index contributed by atoms with van der Waals surface area (Å²) < 4.78 is 8.94. The van der Waals surface area contributed by atoms with E-state index in [1.54, 1.807) is 0 Å². The number of nitrogens with zero attached hydrogens (tertiary/aromatic N) is 1. The Morgan fingerprint density at radius 1 is 0.756 bits per heavy atom. The Morgan fingerprint density at radius 3 is 1.78 bits per heavy atom. The lowest BCUT2D eigenvalue weighted by molar-refractivity contribution is 0.132. The van der Waals surface area contributed by atoms with Crippen molar-refractivity contribution in [1.82, 2.24) is 4.57 Å². The number of allylic oxidation sites excluding steroid dienone is 2. The summed E-state index contributed by atoms with van der Waals surface area (Å²) >= 11 is 0. The molecule has 3 aromatic carbocycles. The zero-order valence-corrected chi connectivity index (χ0v) is 25.9. The maximum Gasteiger partial charge on any atom is 0.135 e. The molecule has 3 heteroatoms. The van der Waals surface area contributed by atoms with Gasteiger partial charge in [-0.2, -0.15) is 0 Å². The molecule has 1 heterocycles. The predicted octanol–water partition coefficient (Wildman–Crippen LogP) is 10.6. The lowest BCUT2D eigenvalue weighted by Crippen LogP contribution is -2.24. The van der Waals surface area contributed by atoms with Gasteiger partial charge in [0.2, 0.25) is 0 Å². The number of hydrogen-bond donors (Lipinski definition) is 1. The quantitative estimate of drug-likeness (QED) is 0.251. The molecule has 0 saturated heterocycles. The molecule has 0 aliphatic carbocycles. The molecule has 0 unspecified atom stereocenters. The van der Waals surface area contributed by atoms with Gasteiger partial charge < -0.3 is 15.0 Å². The first-order valence-corrected chi connectivity index (χ1v) is 14.4. The number of anilines is 1. The van der Waals surface area contributed by atoms with Gasteiger partial charge in [-0.25, -0.2) is 0 Å². The average Bonchev–Trinajstić information content (AvgIpc) is 3.18. The highest BCUT2D eigenvalue weighted by Gasteiger charge is 2.25. The van der Waals surface area contributed by atoms with Gasteiger partial charge in [0.1, 0.15) is 11.4 Å². The number of nitrogens with two attached hydrogens (primary N) is 1. The maximum absolute atomic E-state index is 6.74. The first-order chi connectivity index (χ1) is 19.4. The predicted molar refractivity (Wildman–Crippen MR) is 180 cm³/mol. The van der Waals surface area contributed by atoms with E-state index in [9.17, 15) is 0 Å². The Morgan fingerprint density at radius 2 is 1.29 bits per heavy atom. The molecule has 0 radical (unpaired) electrons. The van der Waals surface area contributed by atoms with Crippen LogP contribution in [-0.2, 0) is 5.41 Å². The van der Waals surface area contributed by atoms with Gasteiger partial charge in [-0.15, -0.1) is 0 Å². The molecular formula is C38H44N2O. The van der Waals surface area contributed by atoms with Crippen molar-refractivity contribution in [2.45, 2.75) is 66.4 Å². The monoisotopic (exact) mass is 544 g/mol. The summed E-state index contributed by atoms with van der Waals surface area (Å²) in [5.41, 5.74) is 16.5. The number of ether oxygens (including phenoxy) is 1. The second-order valence-corrected chi connectivity index (χ2v) is 12.4. The van der Waals surface area contributed by atoms with E-state index in [2.05, 4.69) is 132 Å². The molecule has 0 atom stereocenters. The van der Waals surface area contributed by atoms with Crippen molar-refractivity contribution in [3.05, 3.63) is 108 Å². The second-order valence-electron chi connectivity index (χ2n) is 12.4. The molecule has 0 spiro atoms. The van der Waals surface area contributed by atoms with E-state index in [1.807, 2.05) is 32.1 Å². The van der Waals surface area contributed by atoms with Crippen LogP contribution < -0.4 is 10.5 Å². The summed E-state index contributed by atoms with van der Waals surface area (Å²) in [6, 6.07) is 23.8. The maximum atomic E-state index is 6.74. The fourth-order valence-electron chi connectivity index (χ4n) is 5.10. The standard InChI is InChI=1S/C38H44N2O/c1-10-16-33-30(12-3)35(39)34(17-11-2)40(33)29-22-20-27(21-23-29)32-25-28(37(4,5)6)24-31(26-18-14-13-15-19-26)36(32)41-38(7,8)9/h10-25H,3,39H2,1-2,4-9H3/b16-10-,17-11-. The van der Waals surface area contributed by atoms with Crippen molar-refractivity contribution in [3.63, 3.8) is 0 Å². The van der Waals surface area contributed by atoms with Crippen LogP contribution in [0.25, 0.3) is 46.2 Å². The average molecular weight is 545 g/mol. The highest BCUT2D eigenvalue weighted by Crippen LogP contribution is 2.44. The van der Waals surface area contributed by atoms with Crippen LogP contribution in [0.2, 0.25) is 0 Å². The molecule has 0 saturated carbocycles. The Hall–Kier alpha value is -4.24. The van der Waals surface area contributed by atoms with Crippen molar-refractivity contribution < 1.29 is 4.74 Å². The van der Waals surface area contributed by atoms with E-state index < -0.39 is 0 Å². The molecular weight excluding hydrogens is 500 g/mol. The molecule has 4 aromatic rings. The molecule has 0 aliphatic heterocycles. The highest BCUT2D eigenvalue weighted by atomic mass is 16.5. The molecule has 41 heavy (non-hydrogen) atoms. The summed E-state index contributed by atoms with van der Waals surface area (Å²) in [7, 11) is 0. The largest absolute Gasteiger partial charge is 0.487 e. The van der Waals surface area contributed by atoms with E-state index >= 15 is 0 Å². The first kappa shape index (κ1) is 29.7. The Labute approximate surface area is 246 Å². The molecule has 0 amide bonds. The Balaban J connectivity index is 1.98. The normalized spacial score (nSPS) is 12.4. The smallest absolute Gasteiger partial charge is 0.135 e. The highest BCUT2D eigenvalue weighted by molar-refractivity contribution is 5.85. The second kappa shape index (κ2) is 11.7. The van der Waals surface area contributed by atoms with E-state index in [1.165, 1.54) is 5.56 Å². The summed E-state index contributed by atoms with van der Waals surface area (Å²) in [5, 5.41) is 0. The van der Waals surface area contributed by atoms with E-state index in [4.69, 9.17) is 10.5 Å². The van der Waals surface area contributed by atoms with Gasteiger partial charge in [-0.3, -0.25) is 0 Å². The van der Waals surface area contributed by atoms with Crippen LogP contribution >= 0.6 is 0 Å². The number of aromatic nitrogens is 1. The van der Waals surface area contributed by atoms with Crippen molar-refractivity contribution in [2.24, 2.45) is 0 Å². The molecule has 0 fully saturated rings. The molecule has 2 N–H and O–H groups in total. The summed E-state index contributed by atoms with van der Waals surface area (Å²) in [6.45, 7) is 21.1. The molecule has 212 valence electrons. The van der Waals surface area contributed by atoms with Crippen LogP contribution in [0.15, 0.2) is 85.5 Å². The summed E-state index contributed by atoms with van der Waals surface area (Å²) in [5.74, 6) is 0.896. The number of rotatable bonds is 7. The Bertz CT molecular complexity index is 1590. The zero-order chi connectivity index (χ0) is 29.9. The first-order valence-electron chi connectivity index (χ1n) is 14.4. The number of hydrogen-bond acceptors (Lipinski definition) is 2. The minimum Gasteiger partial charge on any atom is -0.487 e. The summed E-state index contributed by atoms with van der Waals surface area (Å²) in [6.07, 6.45) is 10.0. The van der Waals surface area contributed by atoms with Crippen molar-refractivity contribution in [2.75, 3.05) is 5.73 Å². The number of benzene rings is 3. The molecule has 0 bridgehead atoms. The van der Waals surface area contributed by atoms with Gasteiger partial charge in [-0.05, 0) is 93.1 Å². The fraction of sp³-hybridized carbons (Fsp3) is 0.263. The lowest BCUT2D eigenvalue weighted by atomic mass is 9.82. The zero-order valence-electron chi connectivity index (χ0n) is 25.9. The minimum atomic E-state index is -0.367. The van der Waals surface area contributed by atoms with Crippen molar-refractivity contribution >= 4 is 23.9 Å². The van der Waals surface area contributed by atoms with Crippen molar-refractivity contribution in [3.8, 4) is 33.7 Å². The SMILES string of the molecule is C=Cc1c(N)c(/C=C\C)n(-c2ccc(-c3cc(C(C)(C)C)cc(-c4ccccc4)c3OC(C)(C)C)cc2)c1/C=C\C. The van der Waals surface area contributed by atoms with Crippen LogP contribution in [0.1, 0.15) is 77.9 Å². The third-order valence-corrected chi connectivity index (χ3v) is 7.06. The van der Waals surface area contributed by atoms with E-state index in [0.29, 0.717) is 0 Å². The molecule has 1 aromatic heterocycles. The van der Waals surface area contributed by atoms with E-state index in [-0.39, 0.29) is 11.0 Å². The number of nitrogen functional groups attached to an aromatic ring is 1. The van der Waals surface area contributed by atoms with Crippen LogP contribution in [-0.4, -0.2) is 10.2 Å². The van der Waals surface area contributed by atoms with Crippen LogP contribution in [0, 0.1) is 0 Å². The van der Waals surface area contributed by atoms with Crippen LogP contribution in [0.4, 0.5) is 5.69 Å². The van der Waals surface area contributed by atoms with Gasteiger partial charge in [0.25, 0.3) is 0 Å². The summed E-state index contributed by atoms with van der Waals surface area (Å²) in [4.78, 5) is 0. The Kier molecular flexibility index (Phi) is 8.49. The van der Waals surface area contributed by atoms with Crippen LogP contribution in [0.5, 0.6) is 5.75 Å². The van der Waals surface area contributed by atoms with Gasteiger partial charge in [-0.1, -0.05) is 88.0 Å². The van der Waals surface area contributed by atoms with Crippen molar-refractivity contribution in [1.29, 1.82) is 0 Å². The van der Waals surface area contributed by atoms with Gasteiger partial charge in [0.05, 0.1) is 17.1 Å². The third kappa shape index (κ3) is 6.25. The lowest BCUT2D eigenvalue weighted by Gasteiger charge is -2.29. The topological polar surface area (TPSA) is 40.2 Å². The van der Waals surface area contributed by atoms with E-state index in [0.717, 1.165) is 56.3 Å². The third-order valence-electron chi connectivity index (χ3n) is 7.06. The molecule has 4 rings (SSSR count). The van der Waals surface area contributed by atoms with Gasteiger partial charge >= 0.3 is 0 Å². The minimum absolute atomic E-state index is 0.0367. The molecule has 3 nitrogen and oxygen atoms in total. The van der Waals surface area contributed by atoms with Gasteiger partial charge in [0, 0.05) is 22.4 Å². The molecule has 0 aliphatic rings. The fourth-order valence-corrected chi connectivity index (χ4v) is 5.10. The van der Waals surface area contributed by atoms with Crippen LogP contribution in [0.3, 0.4) is 0 Å².